The second-order valence-corrected chi connectivity index (χ2v) is 7.93. The van der Waals surface area contributed by atoms with E-state index in [2.05, 4.69) is 0 Å². The van der Waals surface area contributed by atoms with Crippen molar-refractivity contribution in [2.75, 3.05) is 19.7 Å². The molecule has 1 heterocycles. The number of para-hydroxylation sites is 2. The van der Waals surface area contributed by atoms with E-state index >= 15 is 0 Å². The summed E-state index contributed by atoms with van der Waals surface area (Å²) in [5, 5.41) is 59.5. The molecule has 0 amide bonds. The van der Waals surface area contributed by atoms with Crippen LogP contribution in [0.15, 0.2) is 53.3 Å². The van der Waals surface area contributed by atoms with Crippen LogP contribution in [-0.4, -0.2) is 80.2 Å². The second-order valence-electron chi connectivity index (χ2n) is 7.93. The van der Waals surface area contributed by atoms with Crippen molar-refractivity contribution in [3.05, 3.63) is 58.8 Å². The maximum Gasteiger partial charge on any atom is 0.197 e. The fraction of sp³-hybridized carbons (Fsp3) is 0.417. The topological polar surface area (TPSA) is 180 Å². The number of carbonyl (C=O) groups is 1. The van der Waals surface area contributed by atoms with Crippen LogP contribution in [-0.2, 0) is 11.3 Å². The monoisotopic (exact) mass is 476 g/mol. The van der Waals surface area contributed by atoms with Gasteiger partial charge in [-0.25, -0.2) is 0 Å². The number of nitrogens with two attached hydrogens (primary N) is 1. The summed E-state index contributed by atoms with van der Waals surface area (Å²) in [6.45, 7) is 2.14. The lowest BCUT2D eigenvalue weighted by atomic mass is 10.0. The normalized spacial score (nSPS) is 14.8. The molecule has 0 saturated heterocycles. The number of carboxylic acids is 1. The summed E-state index contributed by atoms with van der Waals surface area (Å²) in [4.78, 5) is 23.3. The van der Waals surface area contributed by atoms with Crippen LogP contribution in [0.3, 0.4) is 0 Å². The minimum atomic E-state index is -1.53. The van der Waals surface area contributed by atoms with Crippen molar-refractivity contribution in [3.8, 4) is 0 Å². The zero-order valence-electron chi connectivity index (χ0n) is 18.9. The Morgan fingerprint density at radius 3 is 1.91 bits per heavy atom. The number of carbonyl (C=O) groups excluding carboxylic acids is 1. The number of quaternary nitrogens is 1. The molecule has 10 heteroatoms. The number of aliphatic hydroxyl groups excluding tert-OH is 5. The molecule has 2 aromatic carbocycles. The van der Waals surface area contributed by atoms with Crippen molar-refractivity contribution in [1.29, 1.82) is 0 Å². The zero-order chi connectivity index (χ0) is 25.3. The van der Waals surface area contributed by atoms with Gasteiger partial charge in [-0.2, -0.15) is 0 Å². The summed E-state index contributed by atoms with van der Waals surface area (Å²) < 4.78 is 1.60. The zero-order valence-corrected chi connectivity index (χ0v) is 18.9. The number of nitrogens with zero attached hydrogens (tertiary/aromatic N) is 1. The number of aliphatic hydroxyl groups is 5. The molecule has 3 rings (SSSR count). The van der Waals surface area contributed by atoms with Crippen molar-refractivity contribution in [2.45, 2.75) is 44.3 Å². The lowest BCUT2D eigenvalue weighted by Gasteiger charge is -2.24. The van der Waals surface area contributed by atoms with E-state index in [1.54, 1.807) is 53.1 Å². The van der Waals surface area contributed by atoms with Gasteiger partial charge in [0.1, 0.15) is 31.0 Å². The van der Waals surface area contributed by atoms with Crippen molar-refractivity contribution in [2.24, 2.45) is 0 Å². The summed E-state index contributed by atoms with van der Waals surface area (Å²) in [7, 11) is 0. The quantitative estimate of drug-likeness (QED) is 0.135. The number of rotatable bonds is 10. The van der Waals surface area contributed by atoms with Crippen LogP contribution in [0.5, 0.6) is 0 Å². The van der Waals surface area contributed by atoms with Gasteiger partial charge in [0.05, 0.1) is 36.7 Å². The van der Waals surface area contributed by atoms with Crippen LogP contribution in [0.2, 0.25) is 0 Å². The van der Waals surface area contributed by atoms with Gasteiger partial charge in [0, 0.05) is 10.8 Å². The molecule has 0 aliphatic heterocycles. The number of fused-ring (bicyclic) bond motifs is 2. The molecule has 0 aliphatic carbocycles. The lowest BCUT2D eigenvalue weighted by Crippen LogP contribution is -2.87. The molecule has 0 bridgehead atoms. The van der Waals surface area contributed by atoms with Crippen molar-refractivity contribution < 1.29 is 40.8 Å². The van der Waals surface area contributed by atoms with Crippen molar-refractivity contribution in [3.63, 3.8) is 0 Å². The van der Waals surface area contributed by atoms with E-state index in [1.807, 2.05) is 12.2 Å². The molecule has 4 atom stereocenters. The van der Waals surface area contributed by atoms with E-state index in [0.717, 1.165) is 13.0 Å². The van der Waals surface area contributed by atoms with Crippen LogP contribution in [0, 0.1) is 0 Å². The molecular formula is C24H32N2O8. The standard InChI is InChI=1S/C15H11NO3.C9H21NO5/c17-14(18)9-16-12-7-3-1-5-10(12)15(19)11-6-2-4-8-13(11)16;1-2-3-10-4-6(12)8(14)9(15)7(13)5-11/h1-8H,9H2,(H,17,18);6-15H,2-5H2,1H3/t;6-,7+,8+,9-/m.1/s1. The fourth-order valence-corrected chi connectivity index (χ4v) is 3.57. The number of aliphatic carboxylic acids is 1. The smallest absolute Gasteiger partial charge is 0.197 e. The van der Waals surface area contributed by atoms with Crippen molar-refractivity contribution in [1.82, 2.24) is 4.57 Å². The second kappa shape index (κ2) is 13.1. The summed E-state index contributed by atoms with van der Waals surface area (Å²) in [6.07, 6.45) is -4.57. The third-order valence-electron chi connectivity index (χ3n) is 5.39. The minimum Gasteiger partial charge on any atom is -0.548 e. The molecular weight excluding hydrogens is 444 g/mol. The van der Waals surface area contributed by atoms with Gasteiger partial charge in [-0.05, 0) is 30.7 Å². The van der Waals surface area contributed by atoms with Crippen LogP contribution in [0.25, 0.3) is 21.8 Å². The van der Waals surface area contributed by atoms with Crippen LogP contribution in [0.4, 0.5) is 0 Å². The Hall–Kier alpha value is -2.86. The summed E-state index contributed by atoms with van der Waals surface area (Å²) in [6, 6.07) is 14.0. The molecule has 186 valence electrons. The molecule has 10 nitrogen and oxygen atoms in total. The average Bonchev–Trinajstić information content (AvgIpc) is 2.85. The van der Waals surface area contributed by atoms with Gasteiger partial charge >= 0.3 is 0 Å². The predicted molar refractivity (Wildman–Crippen MR) is 124 cm³/mol. The Labute approximate surface area is 196 Å². The maximum absolute atomic E-state index is 12.3. The Morgan fingerprint density at radius 1 is 0.941 bits per heavy atom. The third kappa shape index (κ3) is 6.83. The lowest BCUT2D eigenvalue weighted by molar-refractivity contribution is -0.662. The number of carboxylic acid groups (broad SMARTS) is 1. The number of aromatic nitrogens is 1. The molecule has 0 unspecified atom stereocenters. The molecule has 0 aliphatic rings. The summed E-state index contributed by atoms with van der Waals surface area (Å²) in [5.41, 5.74) is 1.13. The highest BCUT2D eigenvalue weighted by Crippen LogP contribution is 2.18. The van der Waals surface area contributed by atoms with E-state index in [9.17, 15) is 30.0 Å². The number of pyridine rings is 1. The van der Waals surface area contributed by atoms with Gasteiger partial charge in [0.2, 0.25) is 0 Å². The fourth-order valence-electron chi connectivity index (χ4n) is 3.57. The number of hydrogen-bond donors (Lipinski definition) is 6. The first kappa shape index (κ1) is 27.4. The van der Waals surface area contributed by atoms with Crippen molar-refractivity contribution >= 4 is 27.8 Å². The molecule has 0 radical (unpaired) electrons. The Balaban J connectivity index is 0.000000249. The molecule has 1 aromatic heterocycles. The molecule has 7 N–H and O–H groups in total. The Bertz CT molecular complexity index is 1070. The van der Waals surface area contributed by atoms with Gasteiger partial charge in [0.15, 0.2) is 5.43 Å². The maximum atomic E-state index is 12.3. The minimum absolute atomic E-state index is 0.0826. The Morgan fingerprint density at radius 2 is 1.44 bits per heavy atom. The largest absolute Gasteiger partial charge is 0.548 e. The van der Waals surface area contributed by atoms with E-state index in [-0.39, 0.29) is 18.5 Å². The molecule has 0 spiro atoms. The first-order chi connectivity index (χ1) is 16.2. The molecule has 34 heavy (non-hydrogen) atoms. The van der Waals surface area contributed by atoms with Crippen LogP contribution in [0.1, 0.15) is 13.3 Å². The highest BCUT2D eigenvalue weighted by molar-refractivity contribution is 5.94. The third-order valence-corrected chi connectivity index (χ3v) is 5.39. The van der Waals surface area contributed by atoms with Gasteiger partial charge in [-0.15, -0.1) is 0 Å². The number of benzene rings is 2. The molecule has 3 aromatic rings. The van der Waals surface area contributed by atoms with E-state index < -0.39 is 37.0 Å². The van der Waals surface area contributed by atoms with Gasteiger partial charge in [-0.3, -0.25) is 4.79 Å². The average molecular weight is 477 g/mol. The van der Waals surface area contributed by atoms with Gasteiger partial charge < -0.3 is 45.3 Å². The molecule has 0 saturated carbocycles. The van der Waals surface area contributed by atoms with Gasteiger partial charge in [-0.1, -0.05) is 31.2 Å². The highest BCUT2D eigenvalue weighted by atomic mass is 16.4. The van der Waals surface area contributed by atoms with Crippen LogP contribution < -0.4 is 15.9 Å². The van der Waals surface area contributed by atoms with E-state index in [4.69, 9.17) is 10.2 Å². The number of hydrogen-bond acceptors (Lipinski definition) is 8. The first-order valence-electron chi connectivity index (χ1n) is 11.1. The first-order valence-corrected chi connectivity index (χ1v) is 11.1. The Kier molecular flexibility index (Phi) is 10.6. The van der Waals surface area contributed by atoms with Crippen LogP contribution >= 0.6 is 0 Å². The summed E-state index contributed by atoms with van der Waals surface area (Å²) >= 11 is 0. The summed E-state index contributed by atoms with van der Waals surface area (Å²) in [5.74, 6) is -1.18. The van der Waals surface area contributed by atoms with Gasteiger partial charge in [0.25, 0.3) is 0 Å². The SMILES string of the molecule is CCC[NH2+]C[C@@H](O)[C@H](O)[C@H](O)[C@@H](O)CO.O=C([O-])Cn1c2ccccc2c(=O)c2ccccc21. The predicted octanol–water partition coefficient (Wildman–Crippen LogP) is -2.70. The van der Waals surface area contributed by atoms with E-state index in [1.165, 1.54) is 0 Å². The highest BCUT2D eigenvalue weighted by Gasteiger charge is 2.30. The molecule has 0 fully saturated rings. The van der Waals surface area contributed by atoms with E-state index in [0.29, 0.717) is 21.8 Å².